The van der Waals surface area contributed by atoms with E-state index in [4.69, 9.17) is 0 Å². The Morgan fingerprint density at radius 2 is 2.27 bits per heavy atom. The van der Waals surface area contributed by atoms with Crippen LogP contribution >= 0.6 is 0 Å². The van der Waals surface area contributed by atoms with E-state index in [0.29, 0.717) is 12.1 Å². The average molecular weight is 300 g/mol. The summed E-state index contributed by atoms with van der Waals surface area (Å²) in [7, 11) is 0. The topological polar surface area (TPSA) is 90.1 Å². The predicted octanol–water partition coefficient (Wildman–Crippen LogP) is 2.14. The highest BCUT2D eigenvalue weighted by molar-refractivity contribution is 5.91. The number of nitro groups is 1. The first-order valence-electron chi connectivity index (χ1n) is 6.81. The first-order chi connectivity index (χ1) is 10.6. The van der Waals surface area contributed by atoms with Gasteiger partial charge in [0.15, 0.2) is 0 Å². The minimum Gasteiger partial charge on any atom is -0.347 e. The van der Waals surface area contributed by atoms with E-state index in [1.165, 1.54) is 24.3 Å². The van der Waals surface area contributed by atoms with Crippen LogP contribution in [0, 0.1) is 10.1 Å². The maximum atomic E-state index is 11.7. The molecule has 1 aromatic carbocycles. The van der Waals surface area contributed by atoms with Gasteiger partial charge in [0, 0.05) is 31.0 Å². The number of non-ortho nitro benzene ring substituents is 1. The standard InChI is InChI=1S/C15H16N4O3/c1-2-18-9-8-13(17-18)11-16-15(20)7-6-12-4-3-5-14(10-12)19(21)22/h3-10H,2,11H2,1H3,(H,16,20)/b7-6+. The van der Waals surface area contributed by atoms with E-state index >= 15 is 0 Å². The Bertz CT molecular complexity index is 706. The van der Waals surface area contributed by atoms with Gasteiger partial charge in [-0.25, -0.2) is 0 Å². The molecule has 0 spiro atoms. The summed E-state index contributed by atoms with van der Waals surface area (Å²) in [5.74, 6) is -0.280. The maximum Gasteiger partial charge on any atom is 0.270 e. The van der Waals surface area contributed by atoms with Crippen LogP contribution in [0.5, 0.6) is 0 Å². The molecule has 0 aliphatic carbocycles. The second-order valence-electron chi connectivity index (χ2n) is 4.57. The molecule has 0 radical (unpaired) electrons. The van der Waals surface area contributed by atoms with Crippen LogP contribution in [-0.4, -0.2) is 20.6 Å². The molecule has 0 bridgehead atoms. The molecule has 22 heavy (non-hydrogen) atoms. The van der Waals surface area contributed by atoms with E-state index in [9.17, 15) is 14.9 Å². The van der Waals surface area contributed by atoms with Crippen molar-refractivity contribution < 1.29 is 9.72 Å². The number of hydrogen-bond donors (Lipinski definition) is 1. The highest BCUT2D eigenvalue weighted by atomic mass is 16.6. The van der Waals surface area contributed by atoms with Gasteiger partial charge in [0.1, 0.15) is 0 Å². The highest BCUT2D eigenvalue weighted by Gasteiger charge is 2.04. The Morgan fingerprint density at radius 3 is 2.95 bits per heavy atom. The van der Waals surface area contributed by atoms with Crippen molar-refractivity contribution in [3.05, 3.63) is 64.0 Å². The molecule has 0 aliphatic heterocycles. The summed E-state index contributed by atoms with van der Waals surface area (Å²) in [6, 6.07) is 7.93. The van der Waals surface area contributed by atoms with Crippen molar-refractivity contribution in [1.29, 1.82) is 0 Å². The monoisotopic (exact) mass is 300 g/mol. The molecule has 1 aromatic heterocycles. The van der Waals surface area contributed by atoms with Crippen molar-refractivity contribution in [3.63, 3.8) is 0 Å². The Labute approximate surface area is 127 Å². The molecule has 1 N–H and O–H groups in total. The Kier molecular flexibility index (Phi) is 5.02. The van der Waals surface area contributed by atoms with Gasteiger partial charge in [0.2, 0.25) is 5.91 Å². The number of rotatable bonds is 6. The molecule has 0 atom stereocenters. The second kappa shape index (κ2) is 7.16. The van der Waals surface area contributed by atoms with Gasteiger partial charge in [-0.3, -0.25) is 19.6 Å². The third-order valence-corrected chi connectivity index (χ3v) is 2.97. The van der Waals surface area contributed by atoms with E-state index < -0.39 is 4.92 Å². The maximum absolute atomic E-state index is 11.7. The van der Waals surface area contributed by atoms with Crippen LogP contribution in [0.4, 0.5) is 5.69 Å². The normalized spacial score (nSPS) is 10.8. The summed E-state index contributed by atoms with van der Waals surface area (Å²) >= 11 is 0. The number of nitrogens with one attached hydrogen (secondary N) is 1. The quantitative estimate of drug-likeness (QED) is 0.503. The van der Waals surface area contributed by atoms with Crippen molar-refractivity contribution in [2.24, 2.45) is 0 Å². The molecule has 1 amide bonds. The van der Waals surface area contributed by atoms with Crippen LogP contribution < -0.4 is 5.32 Å². The predicted molar refractivity (Wildman–Crippen MR) is 81.9 cm³/mol. The van der Waals surface area contributed by atoms with Crippen molar-refractivity contribution >= 4 is 17.7 Å². The summed E-state index contributed by atoms with van der Waals surface area (Å²) in [4.78, 5) is 21.9. The smallest absolute Gasteiger partial charge is 0.270 e. The summed E-state index contributed by atoms with van der Waals surface area (Å²) in [5, 5.41) is 17.6. The van der Waals surface area contributed by atoms with E-state index in [1.54, 1.807) is 16.8 Å². The zero-order valence-electron chi connectivity index (χ0n) is 12.1. The first kappa shape index (κ1) is 15.4. The largest absolute Gasteiger partial charge is 0.347 e. The van der Waals surface area contributed by atoms with Crippen molar-refractivity contribution in [1.82, 2.24) is 15.1 Å². The lowest BCUT2D eigenvalue weighted by molar-refractivity contribution is -0.384. The molecule has 0 aliphatic rings. The van der Waals surface area contributed by atoms with Crippen molar-refractivity contribution in [2.75, 3.05) is 0 Å². The third-order valence-electron chi connectivity index (χ3n) is 2.97. The van der Waals surface area contributed by atoms with Gasteiger partial charge in [-0.05, 0) is 24.6 Å². The zero-order valence-corrected chi connectivity index (χ0v) is 12.1. The molecular weight excluding hydrogens is 284 g/mol. The average Bonchev–Trinajstić information content (AvgIpc) is 2.99. The molecule has 2 rings (SSSR count). The molecule has 1 heterocycles. The number of benzene rings is 1. The fraction of sp³-hybridized carbons (Fsp3) is 0.200. The van der Waals surface area contributed by atoms with Crippen molar-refractivity contribution in [2.45, 2.75) is 20.0 Å². The van der Waals surface area contributed by atoms with Crippen LogP contribution in [0.3, 0.4) is 0 Å². The SMILES string of the molecule is CCn1ccc(CNC(=O)/C=C/c2cccc([N+](=O)[O-])c2)n1. The molecule has 7 nitrogen and oxygen atoms in total. The first-order valence-corrected chi connectivity index (χ1v) is 6.81. The minimum absolute atomic E-state index is 0.00679. The zero-order chi connectivity index (χ0) is 15.9. The van der Waals surface area contributed by atoms with Crippen LogP contribution in [0.2, 0.25) is 0 Å². The van der Waals surface area contributed by atoms with Gasteiger partial charge < -0.3 is 5.32 Å². The lowest BCUT2D eigenvalue weighted by Crippen LogP contribution is -2.20. The second-order valence-corrected chi connectivity index (χ2v) is 4.57. The minimum atomic E-state index is -0.471. The molecule has 114 valence electrons. The Morgan fingerprint density at radius 1 is 1.45 bits per heavy atom. The highest BCUT2D eigenvalue weighted by Crippen LogP contribution is 2.13. The van der Waals surface area contributed by atoms with Gasteiger partial charge in [0.05, 0.1) is 17.2 Å². The van der Waals surface area contributed by atoms with Crippen molar-refractivity contribution in [3.8, 4) is 0 Å². The van der Waals surface area contributed by atoms with Gasteiger partial charge in [-0.2, -0.15) is 5.10 Å². The number of amides is 1. The van der Waals surface area contributed by atoms with Crippen LogP contribution in [0.1, 0.15) is 18.2 Å². The molecule has 0 saturated heterocycles. The van der Waals surface area contributed by atoms with Gasteiger partial charge in [0.25, 0.3) is 5.69 Å². The third kappa shape index (κ3) is 4.27. The van der Waals surface area contributed by atoms with Crippen LogP contribution in [-0.2, 0) is 17.9 Å². The summed E-state index contributed by atoms with van der Waals surface area (Å²) in [6.45, 7) is 3.10. The Balaban J connectivity index is 1.91. The number of carbonyl (C=O) groups is 1. The van der Waals surface area contributed by atoms with Gasteiger partial charge >= 0.3 is 0 Å². The lowest BCUT2D eigenvalue weighted by Gasteiger charge is -1.99. The van der Waals surface area contributed by atoms with Crippen LogP contribution in [0.15, 0.2) is 42.6 Å². The molecule has 0 fully saturated rings. The number of nitro benzene ring substituents is 1. The Hall–Kier alpha value is -2.96. The number of hydrogen-bond acceptors (Lipinski definition) is 4. The summed E-state index contributed by atoms with van der Waals surface area (Å²) in [6.07, 6.45) is 4.73. The van der Waals surface area contributed by atoms with E-state index in [1.807, 2.05) is 19.2 Å². The fourth-order valence-electron chi connectivity index (χ4n) is 1.82. The molecule has 7 heteroatoms. The van der Waals surface area contributed by atoms with Crippen LogP contribution in [0.25, 0.3) is 6.08 Å². The van der Waals surface area contributed by atoms with Gasteiger partial charge in [-0.15, -0.1) is 0 Å². The fourth-order valence-corrected chi connectivity index (χ4v) is 1.82. The summed E-state index contributed by atoms with van der Waals surface area (Å²) in [5.41, 5.74) is 1.37. The molecule has 0 unspecified atom stereocenters. The van der Waals surface area contributed by atoms with Gasteiger partial charge in [-0.1, -0.05) is 12.1 Å². The number of aromatic nitrogens is 2. The number of nitrogens with zero attached hydrogens (tertiary/aromatic N) is 3. The number of aryl methyl sites for hydroxylation is 1. The van der Waals surface area contributed by atoms with E-state index in [0.717, 1.165) is 12.2 Å². The molecular formula is C15H16N4O3. The molecule has 2 aromatic rings. The summed E-state index contributed by atoms with van der Waals surface area (Å²) < 4.78 is 1.78. The lowest BCUT2D eigenvalue weighted by atomic mass is 10.2. The number of carbonyl (C=O) groups excluding carboxylic acids is 1. The van der Waals surface area contributed by atoms with E-state index in [-0.39, 0.29) is 11.6 Å². The van der Waals surface area contributed by atoms with E-state index in [2.05, 4.69) is 10.4 Å². The molecule has 0 saturated carbocycles.